The normalized spacial score (nSPS) is 19.1. The van der Waals surface area contributed by atoms with Gasteiger partial charge in [-0.2, -0.15) is 0 Å². The van der Waals surface area contributed by atoms with Crippen molar-refractivity contribution in [3.05, 3.63) is 29.8 Å². The van der Waals surface area contributed by atoms with Gasteiger partial charge in [-0.3, -0.25) is 0 Å². The van der Waals surface area contributed by atoms with Crippen LogP contribution in [0.5, 0.6) is 5.75 Å². The summed E-state index contributed by atoms with van der Waals surface area (Å²) in [6.45, 7) is 0. The fourth-order valence-electron chi connectivity index (χ4n) is 1.57. The van der Waals surface area contributed by atoms with Gasteiger partial charge in [0, 0.05) is 0 Å². The van der Waals surface area contributed by atoms with Crippen LogP contribution in [0.3, 0.4) is 0 Å². The van der Waals surface area contributed by atoms with E-state index in [0.29, 0.717) is 0 Å². The van der Waals surface area contributed by atoms with Crippen LogP contribution in [0.4, 0.5) is 4.79 Å². The molecule has 1 atom stereocenters. The van der Waals surface area contributed by atoms with Crippen LogP contribution >= 0.6 is 0 Å². The first-order valence-corrected chi connectivity index (χ1v) is 7.79. The predicted molar refractivity (Wildman–Crippen MR) is 47.2 cm³/mol. The van der Waals surface area contributed by atoms with Gasteiger partial charge < -0.3 is 0 Å². The van der Waals surface area contributed by atoms with E-state index in [1.807, 2.05) is 12.1 Å². The number of methoxy groups -OCH3 is 1. The molecule has 15 heavy (non-hydrogen) atoms. The second-order valence-electron chi connectivity index (χ2n) is 3.32. The maximum absolute atomic E-state index is 11.3. The molecule has 74 valence electrons. The first-order valence-electron chi connectivity index (χ1n) is 4.59. The standard InChI is InChI=1S/C10H8O4.Zn/c1-13-9-4-2-8(3-5-9)6-10(12)14-7-11;/h2-6H,1H3;. The van der Waals surface area contributed by atoms with Crippen molar-refractivity contribution in [2.24, 2.45) is 0 Å². The van der Waals surface area contributed by atoms with Gasteiger partial charge in [0.1, 0.15) is 0 Å². The average molecular weight is 258 g/mol. The van der Waals surface area contributed by atoms with Crippen molar-refractivity contribution in [1.82, 2.24) is 0 Å². The molecule has 0 aliphatic carbocycles. The summed E-state index contributed by atoms with van der Waals surface area (Å²) in [6, 6.07) is 7.20. The number of carbonyl (C=O) groups is 2. The fraction of sp³-hybridized carbons (Fsp3) is 0.200. The molecule has 1 aromatic carbocycles. The molecule has 0 amide bonds. The van der Waals surface area contributed by atoms with Crippen molar-refractivity contribution in [2.45, 2.75) is 4.51 Å². The molecule has 0 N–H and O–H groups in total. The number of carbonyl (C=O) groups excluding carboxylic acids is 2. The molecule has 0 spiro atoms. The molecule has 0 bridgehead atoms. The zero-order valence-corrected chi connectivity index (χ0v) is 11.2. The van der Waals surface area contributed by atoms with Crippen molar-refractivity contribution < 1.29 is 36.2 Å². The van der Waals surface area contributed by atoms with E-state index in [1.165, 1.54) is 0 Å². The fourth-order valence-corrected chi connectivity index (χ4v) is 4.33. The van der Waals surface area contributed by atoms with Gasteiger partial charge in [0.15, 0.2) is 0 Å². The van der Waals surface area contributed by atoms with Crippen LogP contribution in [0.1, 0.15) is 10.1 Å². The summed E-state index contributed by atoms with van der Waals surface area (Å²) in [5.74, 6) is 0.356. The van der Waals surface area contributed by atoms with Gasteiger partial charge in [-0.1, -0.05) is 0 Å². The molecular formula is C10H8O4Zn. The van der Waals surface area contributed by atoms with Gasteiger partial charge in [0.05, 0.1) is 0 Å². The summed E-state index contributed by atoms with van der Waals surface area (Å²) in [6.07, 6.45) is 0. The Morgan fingerprint density at radius 3 is 2.40 bits per heavy atom. The van der Waals surface area contributed by atoms with Crippen LogP contribution < -0.4 is 4.74 Å². The molecule has 1 unspecified atom stereocenters. The molecule has 1 aliphatic rings. The van der Waals surface area contributed by atoms with Crippen LogP contribution in [0.25, 0.3) is 0 Å². The van der Waals surface area contributed by atoms with Gasteiger partial charge in [-0.25, -0.2) is 0 Å². The van der Waals surface area contributed by atoms with Gasteiger partial charge in [0.2, 0.25) is 0 Å². The summed E-state index contributed by atoms with van der Waals surface area (Å²) < 4.78 is 9.03. The molecule has 1 aliphatic heterocycles. The summed E-state index contributed by atoms with van der Waals surface area (Å²) in [5, 5.41) is 0. The second kappa shape index (κ2) is 4.11. The summed E-state index contributed by atoms with van der Waals surface area (Å²) in [5.41, 5.74) is 0.867. The minimum atomic E-state index is -1.58. The third-order valence-electron chi connectivity index (χ3n) is 2.39. The van der Waals surface area contributed by atoms with Crippen molar-refractivity contribution >= 4 is 10.5 Å². The molecule has 1 fully saturated rings. The van der Waals surface area contributed by atoms with E-state index < -0.39 is 17.1 Å². The molecule has 4 nitrogen and oxygen atoms in total. The summed E-state index contributed by atoms with van der Waals surface area (Å²) in [7, 11) is 1.58. The van der Waals surface area contributed by atoms with Crippen LogP contribution in [-0.2, 0) is 26.7 Å². The number of hydrogen-bond acceptors (Lipinski definition) is 4. The number of rotatable bonds is 2. The number of hydrogen-bond donors (Lipinski definition) is 0. The van der Waals surface area contributed by atoms with E-state index in [0.717, 1.165) is 11.3 Å². The molecule has 0 saturated carbocycles. The number of cyclic esters (lactones) is 2. The molecule has 0 aromatic heterocycles. The molecule has 1 aromatic rings. The van der Waals surface area contributed by atoms with Gasteiger partial charge in [-0.15, -0.1) is 0 Å². The van der Waals surface area contributed by atoms with E-state index in [-0.39, 0.29) is 15.0 Å². The van der Waals surface area contributed by atoms with Gasteiger partial charge >= 0.3 is 93.9 Å². The predicted octanol–water partition coefficient (Wildman–Crippen LogP) is 1.50. The van der Waals surface area contributed by atoms with E-state index in [1.54, 1.807) is 19.2 Å². The first-order chi connectivity index (χ1) is 7.20. The SMILES string of the molecule is COc1ccc([CH]2[Zn][C](=O)OC2=O)cc1. The summed E-state index contributed by atoms with van der Waals surface area (Å²) >= 11 is -1.58. The molecule has 0 radical (unpaired) electrons. The van der Waals surface area contributed by atoms with Crippen LogP contribution in [-0.4, -0.2) is 17.6 Å². The van der Waals surface area contributed by atoms with Gasteiger partial charge in [0.25, 0.3) is 0 Å². The molecule has 1 heterocycles. The molecular weight excluding hydrogens is 249 g/mol. The number of esters is 1. The monoisotopic (exact) mass is 256 g/mol. The zero-order valence-electron chi connectivity index (χ0n) is 8.23. The quantitative estimate of drug-likeness (QED) is 0.458. The molecule has 1 saturated heterocycles. The van der Waals surface area contributed by atoms with Crippen molar-refractivity contribution in [2.75, 3.05) is 7.11 Å². The summed E-state index contributed by atoms with van der Waals surface area (Å²) in [4.78, 5) is 22.3. The van der Waals surface area contributed by atoms with Crippen LogP contribution in [0.15, 0.2) is 24.3 Å². The van der Waals surface area contributed by atoms with Crippen molar-refractivity contribution in [3.63, 3.8) is 0 Å². The average Bonchev–Trinajstić information content (AvgIpc) is 2.58. The Labute approximate surface area is 94.2 Å². The minimum absolute atomic E-state index is 0.268. The Kier molecular flexibility index (Phi) is 2.82. The molecule has 5 heteroatoms. The third-order valence-corrected chi connectivity index (χ3v) is 5.94. The van der Waals surface area contributed by atoms with E-state index in [4.69, 9.17) is 4.74 Å². The second-order valence-corrected chi connectivity index (χ2v) is 7.10. The maximum atomic E-state index is 11.3. The van der Waals surface area contributed by atoms with Crippen LogP contribution in [0.2, 0.25) is 0 Å². The topological polar surface area (TPSA) is 52.6 Å². The van der Waals surface area contributed by atoms with Gasteiger partial charge in [-0.05, 0) is 0 Å². The first kappa shape index (κ1) is 10.3. The van der Waals surface area contributed by atoms with E-state index in [9.17, 15) is 9.59 Å². The zero-order chi connectivity index (χ0) is 10.8. The Bertz CT molecular complexity index is 398. The van der Waals surface area contributed by atoms with Crippen molar-refractivity contribution in [1.29, 1.82) is 0 Å². The Morgan fingerprint density at radius 2 is 1.93 bits per heavy atom. The third kappa shape index (κ3) is 2.07. The van der Waals surface area contributed by atoms with E-state index >= 15 is 0 Å². The van der Waals surface area contributed by atoms with E-state index in [2.05, 4.69) is 4.74 Å². The Morgan fingerprint density at radius 1 is 1.27 bits per heavy atom. The molecule has 2 rings (SSSR count). The number of ether oxygens (including phenoxy) is 2. The Hall–Kier alpha value is -1.22. The van der Waals surface area contributed by atoms with Crippen molar-refractivity contribution in [3.8, 4) is 5.75 Å². The number of benzene rings is 1. The Balaban J connectivity index is 2.22. The van der Waals surface area contributed by atoms with Crippen LogP contribution in [0, 0.1) is 0 Å².